The molecule has 1 heterocycles. The van der Waals surface area contributed by atoms with Gasteiger partial charge in [0, 0.05) is 49.6 Å². The molecule has 0 atom stereocenters. The summed E-state index contributed by atoms with van der Waals surface area (Å²) in [5.74, 6) is -1.57. The van der Waals surface area contributed by atoms with E-state index < -0.39 is 11.9 Å². The zero-order chi connectivity index (χ0) is 24.4. The molecular formula is C23H31NO8. The van der Waals surface area contributed by atoms with Crippen LogP contribution in [0.3, 0.4) is 0 Å². The lowest BCUT2D eigenvalue weighted by Crippen LogP contribution is -2.14. The fourth-order valence-corrected chi connectivity index (χ4v) is 2.36. The zero-order valence-electron chi connectivity index (χ0n) is 18.7. The number of allylic oxidation sites excluding steroid dienone is 1. The first kappa shape index (κ1) is 28.6. The largest absolute Gasteiger partial charge is 0.463 e. The molecule has 0 saturated heterocycles. The van der Waals surface area contributed by atoms with E-state index in [4.69, 9.17) is 9.47 Å². The van der Waals surface area contributed by atoms with E-state index in [1.807, 2.05) is 13.8 Å². The van der Waals surface area contributed by atoms with Gasteiger partial charge in [-0.25, -0.2) is 14.6 Å². The molecule has 0 saturated carbocycles. The summed E-state index contributed by atoms with van der Waals surface area (Å²) in [6, 6.07) is 0. The number of Topliss-reactive ketones (excluding diaryl/α,β-unsaturated/α-hetero) is 1. The molecule has 32 heavy (non-hydrogen) atoms. The minimum atomic E-state index is -0.508. The van der Waals surface area contributed by atoms with Crippen LogP contribution in [0, 0.1) is 0 Å². The average molecular weight is 450 g/mol. The number of hydrogen-bond donors (Lipinski definition) is 0. The Morgan fingerprint density at radius 2 is 1.59 bits per heavy atom. The van der Waals surface area contributed by atoms with Crippen molar-refractivity contribution in [3.05, 3.63) is 37.0 Å². The van der Waals surface area contributed by atoms with Crippen molar-refractivity contribution in [2.45, 2.75) is 52.4 Å². The maximum atomic E-state index is 11.7. The maximum absolute atomic E-state index is 11.7. The highest BCUT2D eigenvalue weighted by Gasteiger charge is 2.14. The van der Waals surface area contributed by atoms with Crippen LogP contribution in [0.15, 0.2) is 42.0 Å². The van der Waals surface area contributed by atoms with Gasteiger partial charge in [-0.2, -0.15) is 0 Å². The van der Waals surface area contributed by atoms with Crippen LogP contribution >= 0.6 is 0 Å². The van der Waals surface area contributed by atoms with Gasteiger partial charge in [0.05, 0.1) is 6.61 Å². The highest BCUT2D eigenvalue weighted by Crippen LogP contribution is 2.12. The fraction of sp³-hybridized carbons (Fsp3) is 0.478. The Labute approximate surface area is 188 Å². The molecule has 0 unspecified atom stereocenters. The van der Waals surface area contributed by atoms with E-state index in [0.717, 1.165) is 24.1 Å². The highest BCUT2D eigenvalue weighted by atomic mass is 16.6. The molecule has 1 rings (SSSR count). The third kappa shape index (κ3) is 15.5. The number of ketones is 1. The first-order chi connectivity index (χ1) is 15.2. The first-order valence-corrected chi connectivity index (χ1v) is 10.2. The van der Waals surface area contributed by atoms with Crippen LogP contribution in [0.2, 0.25) is 0 Å². The van der Waals surface area contributed by atoms with Gasteiger partial charge < -0.3 is 14.2 Å². The van der Waals surface area contributed by atoms with Gasteiger partial charge in [0.2, 0.25) is 0 Å². The Hall–Kier alpha value is -3.36. The van der Waals surface area contributed by atoms with Crippen molar-refractivity contribution in [2.75, 3.05) is 19.8 Å². The van der Waals surface area contributed by atoms with Gasteiger partial charge in [-0.15, -0.1) is 0 Å². The lowest BCUT2D eigenvalue weighted by Gasteiger charge is -2.09. The molecule has 0 aliphatic carbocycles. The number of aliphatic imine (C=N–C) groups is 1. The Morgan fingerprint density at radius 3 is 2.16 bits per heavy atom. The first-order valence-electron chi connectivity index (χ1n) is 10.2. The van der Waals surface area contributed by atoms with Crippen LogP contribution in [0.4, 0.5) is 0 Å². The second kappa shape index (κ2) is 17.3. The molecule has 0 fully saturated rings. The minimum Gasteiger partial charge on any atom is -0.463 e. The second-order valence-corrected chi connectivity index (χ2v) is 6.72. The van der Waals surface area contributed by atoms with Gasteiger partial charge in [0.1, 0.15) is 19.0 Å². The molecule has 0 aromatic rings. The number of esters is 3. The normalized spacial score (nSPS) is 12.2. The summed E-state index contributed by atoms with van der Waals surface area (Å²) in [7, 11) is 0. The summed E-state index contributed by atoms with van der Waals surface area (Å²) in [6.07, 6.45) is 6.31. The predicted molar refractivity (Wildman–Crippen MR) is 118 cm³/mol. The predicted octanol–water partition coefficient (Wildman–Crippen LogP) is 2.83. The molecule has 9 nitrogen and oxygen atoms in total. The van der Waals surface area contributed by atoms with E-state index in [1.165, 1.54) is 6.08 Å². The van der Waals surface area contributed by atoms with Crippen LogP contribution in [-0.4, -0.2) is 55.1 Å². The Balaban J connectivity index is 0.000000649. The quantitative estimate of drug-likeness (QED) is 0.182. The molecule has 0 aromatic heterocycles. The van der Waals surface area contributed by atoms with Crippen molar-refractivity contribution in [1.82, 2.24) is 0 Å². The zero-order valence-corrected chi connectivity index (χ0v) is 18.7. The minimum absolute atomic E-state index is 0.00379. The molecule has 1 aliphatic heterocycles. The van der Waals surface area contributed by atoms with Crippen LogP contribution in [0.5, 0.6) is 0 Å². The molecule has 0 spiro atoms. The molecule has 0 radical (unpaired) electrons. The maximum Gasteiger partial charge on any atom is 0.330 e. The lowest BCUT2D eigenvalue weighted by molar-refractivity contribution is -0.149. The highest BCUT2D eigenvalue weighted by molar-refractivity contribution is 6.10. The average Bonchev–Trinajstić information content (AvgIpc) is 2.73. The number of amides is 1. The van der Waals surface area contributed by atoms with E-state index in [1.54, 1.807) is 0 Å². The molecule has 176 valence electrons. The van der Waals surface area contributed by atoms with E-state index >= 15 is 0 Å². The van der Waals surface area contributed by atoms with Crippen molar-refractivity contribution in [1.29, 1.82) is 0 Å². The van der Waals surface area contributed by atoms with Crippen molar-refractivity contribution >= 4 is 35.3 Å². The lowest BCUT2D eigenvalue weighted by atomic mass is 10.0. The van der Waals surface area contributed by atoms with Crippen LogP contribution in [0.1, 0.15) is 52.4 Å². The topological polar surface area (TPSA) is 125 Å². The number of nitrogens with zero attached hydrogens (tertiary/aromatic N) is 1. The van der Waals surface area contributed by atoms with Gasteiger partial charge in [-0.05, 0) is 19.8 Å². The smallest absolute Gasteiger partial charge is 0.330 e. The summed E-state index contributed by atoms with van der Waals surface area (Å²) in [5, 5.41) is 0. The van der Waals surface area contributed by atoms with Crippen molar-refractivity contribution in [3.8, 4) is 0 Å². The number of carbonyl (C=O) groups excluding carboxylic acids is 5. The van der Waals surface area contributed by atoms with E-state index in [0.29, 0.717) is 31.4 Å². The van der Waals surface area contributed by atoms with Crippen molar-refractivity contribution in [3.63, 3.8) is 0 Å². The van der Waals surface area contributed by atoms with Crippen LogP contribution < -0.4 is 0 Å². The number of carbonyl (C=O) groups is 5. The molecule has 0 bridgehead atoms. The van der Waals surface area contributed by atoms with Gasteiger partial charge in [-0.3, -0.25) is 14.4 Å². The van der Waals surface area contributed by atoms with Crippen LogP contribution in [-0.2, 0) is 38.2 Å². The summed E-state index contributed by atoms with van der Waals surface area (Å²) in [5.41, 5.74) is 1.53. The fourth-order valence-electron chi connectivity index (χ4n) is 2.36. The molecule has 0 N–H and O–H groups in total. The van der Waals surface area contributed by atoms with E-state index in [2.05, 4.69) is 22.9 Å². The molecular weight excluding hydrogens is 418 g/mol. The third-order valence-electron chi connectivity index (χ3n) is 3.74. The number of dihydropyridines is 1. The molecule has 1 aliphatic rings. The Kier molecular flexibility index (Phi) is 15.5. The molecule has 1 amide bonds. The van der Waals surface area contributed by atoms with E-state index in [9.17, 15) is 24.0 Å². The van der Waals surface area contributed by atoms with Crippen LogP contribution in [0.25, 0.3) is 0 Å². The second-order valence-electron chi connectivity index (χ2n) is 6.72. The van der Waals surface area contributed by atoms with Gasteiger partial charge in [0.15, 0.2) is 0 Å². The number of hydrogen-bond acceptors (Lipinski definition) is 8. The number of ether oxygens (including phenoxy) is 3. The summed E-state index contributed by atoms with van der Waals surface area (Å²) in [4.78, 5) is 58.7. The Morgan fingerprint density at radius 1 is 1.00 bits per heavy atom. The standard InChI is InChI=1S/C14H17NO4.C9H14O4/c1-3-14(18)19-6-4-5-12(16)9-11-7-10(2)8-13(17)15-11;1-3-5-9(11)13-7-6-12-8(10)4-2/h3,8H,1,4-7,9H2,2H3;4H,2-3,5-7H2,1H3. The van der Waals surface area contributed by atoms with Gasteiger partial charge >= 0.3 is 17.9 Å². The van der Waals surface area contributed by atoms with Gasteiger partial charge in [0.25, 0.3) is 5.91 Å². The number of rotatable bonds is 13. The van der Waals surface area contributed by atoms with Crippen molar-refractivity contribution in [2.24, 2.45) is 4.99 Å². The molecule has 0 aromatic carbocycles. The third-order valence-corrected chi connectivity index (χ3v) is 3.74. The van der Waals surface area contributed by atoms with Crippen molar-refractivity contribution < 1.29 is 38.2 Å². The monoisotopic (exact) mass is 449 g/mol. The summed E-state index contributed by atoms with van der Waals surface area (Å²) < 4.78 is 14.1. The summed E-state index contributed by atoms with van der Waals surface area (Å²) in [6.45, 7) is 10.6. The Bertz CT molecular complexity index is 764. The summed E-state index contributed by atoms with van der Waals surface area (Å²) >= 11 is 0. The van der Waals surface area contributed by atoms with Gasteiger partial charge in [-0.1, -0.05) is 25.7 Å². The molecule has 9 heteroatoms. The SMILES string of the molecule is C=CC(=O)OCCCC(=O)CC1=NC(=O)C=C(C)C1.C=CC(=O)OCCOC(=O)CCC. The van der Waals surface area contributed by atoms with E-state index in [-0.39, 0.29) is 43.9 Å².